The van der Waals surface area contributed by atoms with E-state index >= 15 is 0 Å². The molecule has 10 heteroatoms. The van der Waals surface area contributed by atoms with E-state index in [1.54, 1.807) is 7.11 Å². The number of methoxy groups -OCH3 is 1. The van der Waals surface area contributed by atoms with E-state index < -0.39 is 18.1 Å². The molecule has 1 aromatic carbocycles. The van der Waals surface area contributed by atoms with Crippen LogP contribution in [0.4, 0.5) is 9.59 Å². The third-order valence-electron chi connectivity index (χ3n) is 5.61. The molecule has 0 heterocycles. The lowest BCUT2D eigenvalue weighted by atomic mass is 10.1. The smallest absolute Gasteiger partial charge is 0.493 e. The number of hydrogen-bond donors (Lipinski definition) is 3. The summed E-state index contributed by atoms with van der Waals surface area (Å²) in [5.41, 5.74) is 0.932. The molecule has 2 rings (SSSR count). The van der Waals surface area contributed by atoms with E-state index in [1.165, 1.54) is 25.7 Å². The van der Waals surface area contributed by atoms with Crippen LogP contribution >= 0.6 is 15.9 Å². The molecular weight excluding hydrogens is 498 g/mol. The van der Waals surface area contributed by atoms with E-state index in [4.69, 9.17) is 29.2 Å². The second kappa shape index (κ2) is 13.5. The molecule has 1 aliphatic rings. The second-order valence-corrected chi connectivity index (χ2v) is 9.05. The lowest BCUT2D eigenvalue weighted by Gasteiger charge is -2.26. The van der Waals surface area contributed by atoms with Crippen molar-refractivity contribution in [2.24, 2.45) is 0 Å². The molecule has 0 spiro atoms. The Hall–Kier alpha value is -2.20. The molecule has 9 nitrogen and oxygen atoms in total. The first kappa shape index (κ1) is 27.0. The van der Waals surface area contributed by atoms with Crippen LogP contribution in [0.15, 0.2) is 16.6 Å². The van der Waals surface area contributed by atoms with Crippen molar-refractivity contribution in [3.05, 3.63) is 22.2 Å². The predicted molar refractivity (Wildman–Crippen MR) is 125 cm³/mol. The number of unbranched alkanes of at least 4 members (excludes halogenated alkanes) is 5. The highest BCUT2D eigenvalue weighted by atomic mass is 79.9. The van der Waals surface area contributed by atoms with Gasteiger partial charge < -0.3 is 34.5 Å². The normalized spacial score (nSPS) is 16.9. The van der Waals surface area contributed by atoms with Crippen molar-refractivity contribution in [2.75, 3.05) is 13.7 Å². The number of nitrogens with one attached hydrogen (secondary N) is 1. The fourth-order valence-electron chi connectivity index (χ4n) is 4.01. The van der Waals surface area contributed by atoms with Gasteiger partial charge in [-0.3, -0.25) is 0 Å². The zero-order chi connectivity index (χ0) is 24.3. The van der Waals surface area contributed by atoms with Crippen molar-refractivity contribution in [2.45, 2.75) is 83.1 Å². The third kappa shape index (κ3) is 8.92. The molecule has 186 valence electrons. The average Bonchev–Trinajstić information content (AvgIpc) is 3.13. The Balaban J connectivity index is 1.90. The van der Waals surface area contributed by atoms with Gasteiger partial charge in [-0.2, -0.15) is 0 Å². The molecule has 0 aromatic heterocycles. The molecule has 0 amide bonds. The molecule has 1 aromatic rings. The van der Waals surface area contributed by atoms with E-state index in [9.17, 15) is 9.59 Å². The van der Waals surface area contributed by atoms with Gasteiger partial charge in [0.05, 0.1) is 18.2 Å². The zero-order valence-electron chi connectivity index (χ0n) is 19.2. The molecular formula is C23H34BrNO8. The number of benzene rings is 1. The summed E-state index contributed by atoms with van der Waals surface area (Å²) >= 11 is 3.56. The summed E-state index contributed by atoms with van der Waals surface area (Å²) in [7, 11) is 1.59. The number of hydrogen-bond acceptors (Lipinski definition) is 7. The number of carboxylic acid groups (broad SMARTS) is 2. The number of ether oxygens (including phenoxy) is 4. The van der Waals surface area contributed by atoms with E-state index in [1.807, 2.05) is 12.1 Å². The van der Waals surface area contributed by atoms with Crippen LogP contribution in [0.2, 0.25) is 0 Å². The maximum absolute atomic E-state index is 11.0. The minimum Gasteiger partial charge on any atom is -0.493 e. The molecule has 1 unspecified atom stereocenters. The highest BCUT2D eigenvalue weighted by Gasteiger charge is 2.46. The van der Waals surface area contributed by atoms with Crippen molar-refractivity contribution in [3.63, 3.8) is 0 Å². The maximum atomic E-state index is 11.0. The number of halogens is 1. The first-order chi connectivity index (χ1) is 15.8. The SMILES string of the molecule is CCCCCCCCOc1c(Br)cc(CNC2CCC(OC(=O)O)(OC(=O)O)C2)cc1OC. The van der Waals surface area contributed by atoms with Crippen LogP contribution < -0.4 is 14.8 Å². The fraction of sp³-hybridized carbons (Fsp3) is 0.652. The number of carbonyl (C=O) groups is 2. The Morgan fingerprint density at radius 2 is 1.79 bits per heavy atom. The molecule has 3 N–H and O–H groups in total. The standard InChI is InChI=1S/C23H34BrNO8/c1-3-4-5-6-7-8-11-31-20-18(24)12-16(13-19(20)30-2)15-25-17-9-10-23(14-17,32-21(26)27)33-22(28)29/h12-13,17,25H,3-11,14-15H2,1-2H3,(H,26,27)(H,28,29). The molecule has 0 aliphatic heterocycles. The quantitative estimate of drug-likeness (QED) is 0.152. The van der Waals surface area contributed by atoms with Gasteiger partial charge in [0.1, 0.15) is 0 Å². The van der Waals surface area contributed by atoms with Crippen LogP contribution in [-0.2, 0) is 16.0 Å². The van der Waals surface area contributed by atoms with Crippen LogP contribution in [0.5, 0.6) is 11.5 Å². The molecule has 1 fully saturated rings. The Morgan fingerprint density at radius 3 is 2.42 bits per heavy atom. The van der Waals surface area contributed by atoms with Crippen LogP contribution in [0.3, 0.4) is 0 Å². The molecule has 0 radical (unpaired) electrons. The monoisotopic (exact) mass is 531 g/mol. The van der Waals surface area contributed by atoms with Crippen LogP contribution in [0.1, 0.15) is 70.3 Å². The Bertz CT molecular complexity index is 772. The lowest BCUT2D eigenvalue weighted by molar-refractivity contribution is -0.177. The van der Waals surface area contributed by atoms with Crippen molar-refractivity contribution in [1.29, 1.82) is 0 Å². The summed E-state index contributed by atoms with van der Waals surface area (Å²) in [6.07, 6.45) is 4.75. The first-order valence-electron chi connectivity index (χ1n) is 11.3. The minimum atomic E-state index is -1.68. The van der Waals surface area contributed by atoms with E-state index in [0.717, 1.165) is 22.9 Å². The average molecular weight is 532 g/mol. The van der Waals surface area contributed by atoms with Crippen LogP contribution in [0, 0.1) is 0 Å². The van der Waals surface area contributed by atoms with Gasteiger partial charge in [0.25, 0.3) is 5.79 Å². The summed E-state index contributed by atoms with van der Waals surface area (Å²) in [6, 6.07) is 3.66. The third-order valence-corrected chi connectivity index (χ3v) is 6.20. The summed E-state index contributed by atoms with van der Waals surface area (Å²) in [4.78, 5) is 21.9. The fourth-order valence-corrected chi connectivity index (χ4v) is 4.61. The Morgan fingerprint density at radius 1 is 1.12 bits per heavy atom. The maximum Gasteiger partial charge on any atom is 0.509 e. The summed E-state index contributed by atoms with van der Waals surface area (Å²) < 4.78 is 21.8. The van der Waals surface area contributed by atoms with Gasteiger partial charge >= 0.3 is 12.3 Å². The first-order valence-corrected chi connectivity index (χ1v) is 12.1. The molecule has 33 heavy (non-hydrogen) atoms. The zero-order valence-corrected chi connectivity index (χ0v) is 20.8. The molecule has 0 bridgehead atoms. The van der Waals surface area contributed by atoms with Gasteiger partial charge in [-0.1, -0.05) is 39.0 Å². The molecule has 1 saturated carbocycles. The van der Waals surface area contributed by atoms with E-state index in [-0.39, 0.29) is 18.9 Å². The van der Waals surface area contributed by atoms with Crippen molar-refractivity contribution >= 4 is 28.2 Å². The Labute approximate surface area is 202 Å². The molecule has 0 saturated heterocycles. The summed E-state index contributed by atoms with van der Waals surface area (Å²) in [6.45, 7) is 3.29. The van der Waals surface area contributed by atoms with Crippen molar-refractivity contribution in [3.8, 4) is 11.5 Å². The van der Waals surface area contributed by atoms with Crippen molar-refractivity contribution < 1.29 is 38.7 Å². The van der Waals surface area contributed by atoms with Crippen LogP contribution in [-0.4, -0.2) is 48.1 Å². The van der Waals surface area contributed by atoms with E-state index in [0.29, 0.717) is 31.1 Å². The molecule has 1 aliphatic carbocycles. The highest BCUT2D eigenvalue weighted by molar-refractivity contribution is 9.10. The predicted octanol–water partition coefficient (Wildman–Crippen LogP) is 5.92. The lowest BCUT2D eigenvalue weighted by Crippen LogP contribution is -2.39. The number of rotatable bonds is 14. The van der Waals surface area contributed by atoms with Gasteiger partial charge in [-0.25, -0.2) is 9.59 Å². The largest absolute Gasteiger partial charge is 0.509 e. The van der Waals surface area contributed by atoms with Gasteiger partial charge in [0.2, 0.25) is 0 Å². The summed E-state index contributed by atoms with van der Waals surface area (Å²) in [5.74, 6) is -0.391. The van der Waals surface area contributed by atoms with E-state index in [2.05, 4.69) is 28.2 Å². The van der Waals surface area contributed by atoms with Gasteiger partial charge in [0.15, 0.2) is 11.5 Å². The van der Waals surface area contributed by atoms with Gasteiger partial charge in [-0.05, 0) is 46.5 Å². The van der Waals surface area contributed by atoms with Gasteiger partial charge in [0, 0.05) is 25.4 Å². The molecule has 1 atom stereocenters. The van der Waals surface area contributed by atoms with Gasteiger partial charge in [-0.15, -0.1) is 0 Å². The van der Waals surface area contributed by atoms with Crippen molar-refractivity contribution in [1.82, 2.24) is 5.32 Å². The highest BCUT2D eigenvalue weighted by Crippen LogP contribution is 2.38. The van der Waals surface area contributed by atoms with Crippen LogP contribution in [0.25, 0.3) is 0 Å². The minimum absolute atomic E-state index is 0.101. The topological polar surface area (TPSA) is 124 Å². The Kier molecular flexibility index (Phi) is 11.1. The summed E-state index contributed by atoms with van der Waals surface area (Å²) in [5, 5.41) is 21.2. The second-order valence-electron chi connectivity index (χ2n) is 8.19.